The van der Waals surface area contributed by atoms with Crippen LogP contribution in [0.3, 0.4) is 0 Å². The fourth-order valence-corrected chi connectivity index (χ4v) is 2.45. The molecule has 0 aromatic heterocycles. The SMILES string of the molecule is COC(=O)C1CCCN1C(=O)NCCc1ccccc1. The number of nitrogens with zero attached hydrogens (tertiary/aromatic N) is 1. The molecule has 1 saturated heterocycles. The average molecular weight is 276 g/mol. The van der Waals surface area contributed by atoms with E-state index in [0.29, 0.717) is 19.5 Å². The molecule has 0 bridgehead atoms. The Balaban J connectivity index is 1.81. The number of carbonyl (C=O) groups excluding carboxylic acids is 2. The maximum atomic E-state index is 12.1. The smallest absolute Gasteiger partial charge is 0.328 e. The first-order valence-corrected chi connectivity index (χ1v) is 6.88. The van der Waals surface area contributed by atoms with Gasteiger partial charge in [-0.3, -0.25) is 0 Å². The van der Waals surface area contributed by atoms with Crippen molar-refractivity contribution >= 4 is 12.0 Å². The lowest BCUT2D eigenvalue weighted by Crippen LogP contribution is -2.46. The van der Waals surface area contributed by atoms with Crippen LogP contribution in [0.4, 0.5) is 4.79 Å². The van der Waals surface area contributed by atoms with Gasteiger partial charge in [-0.05, 0) is 24.8 Å². The van der Waals surface area contributed by atoms with Crippen molar-refractivity contribution in [2.75, 3.05) is 20.2 Å². The zero-order chi connectivity index (χ0) is 14.4. The molecule has 0 spiro atoms. The summed E-state index contributed by atoms with van der Waals surface area (Å²) in [4.78, 5) is 25.2. The van der Waals surface area contributed by atoms with Crippen LogP contribution < -0.4 is 5.32 Å². The number of hydrogen-bond donors (Lipinski definition) is 1. The van der Waals surface area contributed by atoms with Crippen molar-refractivity contribution in [2.45, 2.75) is 25.3 Å². The highest BCUT2D eigenvalue weighted by molar-refractivity contribution is 5.84. The van der Waals surface area contributed by atoms with Crippen molar-refractivity contribution in [2.24, 2.45) is 0 Å². The standard InChI is InChI=1S/C15H20N2O3/c1-20-14(18)13-8-5-11-17(13)15(19)16-10-9-12-6-3-2-4-7-12/h2-4,6-7,13H,5,8-11H2,1H3,(H,16,19). The lowest BCUT2D eigenvalue weighted by Gasteiger charge is -2.22. The highest BCUT2D eigenvalue weighted by atomic mass is 16.5. The van der Waals surface area contributed by atoms with E-state index in [9.17, 15) is 9.59 Å². The Kier molecular flexibility index (Phi) is 4.98. The number of methoxy groups -OCH3 is 1. The average Bonchev–Trinajstić information content (AvgIpc) is 2.97. The Morgan fingerprint density at radius 2 is 2.10 bits per heavy atom. The predicted octanol–water partition coefficient (Wildman–Crippen LogP) is 1.58. The highest BCUT2D eigenvalue weighted by Gasteiger charge is 2.34. The molecular weight excluding hydrogens is 256 g/mol. The van der Waals surface area contributed by atoms with Crippen molar-refractivity contribution in [3.05, 3.63) is 35.9 Å². The summed E-state index contributed by atoms with van der Waals surface area (Å²) in [5.41, 5.74) is 1.18. The molecule has 20 heavy (non-hydrogen) atoms. The van der Waals surface area contributed by atoms with Crippen molar-refractivity contribution in [1.82, 2.24) is 10.2 Å². The lowest BCUT2D eigenvalue weighted by atomic mass is 10.1. The number of ether oxygens (including phenoxy) is 1. The van der Waals surface area contributed by atoms with Crippen molar-refractivity contribution < 1.29 is 14.3 Å². The van der Waals surface area contributed by atoms with Crippen LogP contribution in [0.2, 0.25) is 0 Å². The molecular formula is C15H20N2O3. The Bertz CT molecular complexity index is 461. The summed E-state index contributed by atoms with van der Waals surface area (Å²) < 4.78 is 4.73. The number of urea groups is 1. The molecule has 1 atom stereocenters. The minimum atomic E-state index is -0.434. The van der Waals surface area contributed by atoms with Gasteiger partial charge in [-0.15, -0.1) is 0 Å². The first-order chi connectivity index (χ1) is 9.72. The number of benzene rings is 1. The Labute approximate surface area is 118 Å². The molecule has 108 valence electrons. The summed E-state index contributed by atoms with van der Waals surface area (Å²) in [6.45, 7) is 1.17. The van der Waals surface area contributed by atoms with Crippen LogP contribution in [-0.2, 0) is 16.0 Å². The van der Waals surface area contributed by atoms with Gasteiger partial charge in [-0.2, -0.15) is 0 Å². The van der Waals surface area contributed by atoms with Crippen LogP contribution in [0.1, 0.15) is 18.4 Å². The van der Waals surface area contributed by atoms with E-state index in [-0.39, 0.29) is 12.0 Å². The maximum Gasteiger partial charge on any atom is 0.328 e. The van der Waals surface area contributed by atoms with Crippen LogP contribution in [0.25, 0.3) is 0 Å². The van der Waals surface area contributed by atoms with E-state index in [1.54, 1.807) is 4.90 Å². The molecule has 2 amide bonds. The quantitative estimate of drug-likeness (QED) is 0.849. The number of likely N-dealkylation sites (tertiary alicyclic amines) is 1. The molecule has 1 unspecified atom stereocenters. The van der Waals surface area contributed by atoms with Gasteiger partial charge < -0.3 is 15.0 Å². The van der Waals surface area contributed by atoms with E-state index >= 15 is 0 Å². The molecule has 1 aromatic rings. The molecule has 0 aliphatic carbocycles. The zero-order valence-electron chi connectivity index (χ0n) is 11.7. The molecule has 1 fully saturated rings. The number of rotatable bonds is 4. The number of esters is 1. The van der Waals surface area contributed by atoms with Gasteiger partial charge in [-0.25, -0.2) is 9.59 Å². The summed E-state index contributed by atoms with van der Waals surface area (Å²) in [6, 6.07) is 9.35. The summed E-state index contributed by atoms with van der Waals surface area (Å²) in [5, 5.41) is 2.86. The van der Waals surface area contributed by atoms with E-state index < -0.39 is 6.04 Å². The van der Waals surface area contributed by atoms with Crippen molar-refractivity contribution in [3.8, 4) is 0 Å². The van der Waals surface area contributed by atoms with Gasteiger partial charge in [0.15, 0.2) is 0 Å². The first kappa shape index (κ1) is 14.4. The Hall–Kier alpha value is -2.04. The van der Waals surface area contributed by atoms with Crippen LogP contribution >= 0.6 is 0 Å². The third-order valence-electron chi connectivity index (χ3n) is 3.52. The second kappa shape index (κ2) is 6.93. The van der Waals surface area contributed by atoms with Gasteiger partial charge in [0.2, 0.25) is 0 Å². The molecule has 1 heterocycles. The number of carbonyl (C=O) groups is 2. The molecule has 0 radical (unpaired) electrons. The van der Waals surface area contributed by atoms with Crippen LogP contribution in [0.15, 0.2) is 30.3 Å². The Morgan fingerprint density at radius 1 is 1.35 bits per heavy atom. The topological polar surface area (TPSA) is 58.6 Å². The molecule has 5 nitrogen and oxygen atoms in total. The molecule has 1 aromatic carbocycles. The van der Waals surface area contributed by atoms with Crippen LogP contribution in [0, 0.1) is 0 Å². The number of hydrogen-bond acceptors (Lipinski definition) is 3. The van der Waals surface area contributed by atoms with E-state index in [4.69, 9.17) is 4.74 Å². The van der Waals surface area contributed by atoms with Crippen molar-refractivity contribution in [3.63, 3.8) is 0 Å². The molecule has 5 heteroatoms. The molecule has 0 saturated carbocycles. The minimum absolute atomic E-state index is 0.186. The summed E-state index contributed by atoms with van der Waals surface area (Å²) in [6.07, 6.45) is 2.30. The van der Waals surface area contributed by atoms with Gasteiger partial charge in [-0.1, -0.05) is 30.3 Å². The third kappa shape index (κ3) is 3.50. The highest BCUT2D eigenvalue weighted by Crippen LogP contribution is 2.18. The largest absolute Gasteiger partial charge is 0.467 e. The second-order valence-corrected chi connectivity index (χ2v) is 4.84. The van der Waals surface area contributed by atoms with Crippen molar-refractivity contribution in [1.29, 1.82) is 0 Å². The predicted molar refractivity (Wildman–Crippen MR) is 75.3 cm³/mol. The molecule has 1 N–H and O–H groups in total. The van der Waals surface area contributed by atoms with Crippen LogP contribution in [0.5, 0.6) is 0 Å². The van der Waals surface area contributed by atoms with E-state index in [0.717, 1.165) is 12.8 Å². The van der Waals surface area contributed by atoms with Gasteiger partial charge in [0.25, 0.3) is 0 Å². The van der Waals surface area contributed by atoms with Gasteiger partial charge in [0.1, 0.15) is 6.04 Å². The Morgan fingerprint density at radius 3 is 2.80 bits per heavy atom. The third-order valence-corrected chi connectivity index (χ3v) is 3.52. The summed E-state index contributed by atoms with van der Waals surface area (Å²) in [5.74, 6) is -0.333. The van der Waals surface area contributed by atoms with E-state index in [1.807, 2.05) is 30.3 Å². The zero-order valence-corrected chi connectivity index (χ0v) is 11.7. The molecule has 2 rings (SSSR count). The normalized spacial score (nSPS) is 17.9. The van der Waals surface area contributed by atoms with Gasteiger partial charge >= 0.3 is 12.0 Å². The monoisotopic (exact) mass is 276 g/mol. The van der Waals surface area contributed by atoms with Crippen LogP contribution in [-0.4, -0.2) is 43.1 Å². The second-order valence-electron chi connectivity index (χ2n) is 4.84. The minimum Gasteiger partial charge on any atom is -0.467 e. The number of nitrogens with one attached hydrogen (secondary N) is 1. The van der Waals surface area contributed by atoms with E-state index in [1.165, 1.54) is 12.7 Å². The molecule has 1 aliphatic heterocycles. The lowest BCUT2D eigenvalue weighted by molar-refractivity contribution is -0.144. The fraction of sp³-hybridized carbons (Fsp3) is 0.467. The summed E-state index contributed by atoms with van der Waals surface area (Å²) in [7, 11) is 1.35. The maximum absolute atomic E-state index is 12.1. The van der Waals surface area contributed by atoms with E-state index in [2.05, 4.69) is 5.32 Å². The summed E-state index contributed by atoms with van der Waals surface area (Å²) >= 11 is 0. The van der Waals surface area contributed by atoms with Gasteiger partial charge in [0.05, 0.1) is 7.11 Å². The first-order valence-electron chi connectivity index (χ1n) is 6.88. The van der Waals surface area contributed by atoms with Gasteiger partial charge in [0, 0.05) is 13.1 Å². The fourth-order valence-electron chi connectivity index (χ4n) is 2.45. The molecule has 1 aliphatic rings. The number of amides is 2.